The van der Waals surface area contributed by atoms with Crippen LogP contribution in [0, 0.1) is 5.82 Å². The van der Waals surface area contributed by atoms with Gasteiger partial charge in [-0.15, -0.1) is 0 Å². The fraction of sp³-hybridized carbons (Fsp3) is 0.130. The van der Waals surface area contributed by atoms with Gasteiger partial charge in [0.15, 0.2) is 0 Å². The molecule has 29 heavy (non-hydrogen) atoms. The highest BCUT2D eigenvalue weighted by Gasteiger charge is 2.25. The Balaban J connectivity index is 1.77. The van der Waals surface area contributed by atoms with Gasteiger partial charge in [-0.1, -0.05) is 36.4 Å². The molecule has 0 spiro atoms. The first-order valence-electron chi connectivity index (χ1n) is 9.48. The Morgan fingerprint density at radius 2 is 1.72 bits per heavy atom. The summed E-state index contributed by atoms with van der Waals surface area (Å²) in [7, 11) is -3.88. The van der Waals surface area contributed by atoms with E-state index in [2.05, 4.69) is 5.32 Å². The van der Waals surface area contributed by atoms with Gasteiger partial charge in [0.2, 0.25) is 0 Å². The summed E-state index contributed by atoms with van der Waals surface area (Å²) < 4.78 is 42.6. The lowest BCUT2D eigenvalue weighted by molar-refractivity contribution is 0.588. The smallest absolute Gasteiger partial charge is 0.268 e. The van der Waals surface area contributed by atoms with Crippen LogP contribution in [-0.4, -0.2) is 18.9 Å². The Labute approximate surface area is 168 Å². The van der Waals surface area contributed by atoms with Crippen LogP contribution < -0.4 is 5.32 Å². The van der Waals surface area contributed by atoms with Gasteiger partial charge in [-0.25, -0.2) is 16.8 Å². The van der Waals surface area contributed by atoms with E-state index in [0.717, 1.165) is 24.1 Å². The highest BCUT2D eigenvalue weighted by molar-refractivity contribution is 7.90. The van der Waals surface area contributed by atoms with E-state index in [1.165, 1.54) is 27.7 Å². The minimum atomic E-state index is -3.88. The third-order valence-electron chi connectivity index (χ3n) is 5.39. The molecule has 0 radical (unpaired) electrons. The second-order valence-corrected chi connectivity index (χ2v) is 9.01. The van der Waals surface area contributed by atoms with Gasteiger partial charge < -0.3 is 5.32 Å². The molecule has 0 saturated heterocycles. The molecular weight excluding hydrogens is 387 g/mol. The van der Waals surface area contributed by atoms with E-state index in [1.807, 2.05) is 36.4 Å². The molecule has 4 nitrogen and oxygen atoms in total. The topological polar surface area (TPSA) is 51.1 Å². The van der Waals surface area contributed by atoms with E-state index < -0.39 is 15.8 Å². The highest BCUT2D eigenvalue weighted by atomic mass is 32.2. The molecule has 0 bridgehead atoms. The van der Waals surface area contributed by atoms with Crippen molar-refractivity contribution in [3.8, 4) is 11.3 Å². The van der Waals surface area contributed by atoms with Crippen molar-refractivity contribution in [2.45, 2.75) is 17.9 Å². The molecule has 1 aliphatic rings. The monoisotopic (exact) mass is 406 g/mol. The maximum atomic E-state index is 13.8. The van der Waals surface area contributed by atoms with Gasteiger partial charge in [0, 0.05) is 11.9 Å². The largest absolute Gasteiger partial charge is 0.312 e. The van der Waals surface area contributed by atoms with Crippen LogP contribution in [0.15, 0.2) is 77.7 Å². The van der Waals surface area contributed by atoms with Crippen LogP contribution in [0.2, 0.25) is 0 Å². The second kappa shape index (κ2) is 6.83. The zero-order valence-electron chi connectivity index (χ0n) is 15.6. The Morgan fingerprint density at radius 3 is 2.55 bits per heavy atom. The van der Waals surface area contributed by atoms with Crippen molar-refractivity contribution in [1.82, 2.24) is 9.29 Å². The van der Waals surface area contributed by atoms with Crippen molar-refractivity contribution in [3.63, 3.8) is 0 Å². The summed E-state index contributed by atoms with van der Waals surface area (Å²) in [5.74, 6) is -0.397. The molecule has 0 aliphatic carbocycles. The van der Waals surface area contributed by atoms with E-state index in [9.17, 15) is 12.8 Å². The van der Waals surface area contributed by atoms with Crippen molar-refractivity contribution >= 4 is 20.9 Å². The molecule has 4 aromatic rings. The number of hydrogen-bond donors (Lipinski definition) is 1. The molecule has 146 valence electrons. The van der Waals surface area contributed by atoms with Crippen molar-refractivity contribution in [3.05, 3.63) is 89.7 Å². The van der Waals surface area contributed by atoms with Crippen LogP contribution in [0.1, 0.15) is 11.1 Å². The summed E-state index contributed by atoms with van der Waals surface area (Å²) in [4.78, 5) is 0.235. The predicted octanol–water partition coefficient (Wildman–Crippen LogP) is 4.33. The number of rotatable bonds is 3. The van der Waals surface area contributed by atoms with Crippen LogP contribution in [0.3, 0.4) is 0 Å². The third-order valence-corrected chi connectivity index (χ3v) is 7.12. The lowest BCUT2D eigenvalue weighted by atomic mass is 10.0. The van der Waals surface area contributed by atoms with Gasteiger partial charge >= 0.3 is 0 Å². The summed E-state index contributed by atoms with van der Waals surface area (Å²) in [6.07, 6.45) is 0.886. The minimum absolute atomic E-state index is 0.235. The summed E-state index contributed by atoms with van der Waals surface area (Å²) in [5, 5.41) is 3.83. The second-order valence-electron chi connectivity index (χ2n) is 7.23. The number of nitrogens with one attached hydrogen (secondary N) is 1. The average Bonchev–Trinajstić information content (AvgIpc) is 3.13. The average molecular weight is 406 g/mol. The molecule has 0 fully saturated rings. The molecule has 1 aromatic heterocycles. The van der Waals surface area contributed by atoms with E-state index in [0.29, 0.717) is 23.1 Å². The molecule has 1 N–H and O–H groups in total. The third kappa shape index (κ3) is 3.05. The predicted molar refractivity (Wildman–Crippen MR) is 112 cm³/mol. The van der Waals surface area contributed by atoms with Gasteiger partial charge in [-0.05, 0) is 66.1 Å². The van der Waals surface area contributed by atoms with E-state index in [1.54, 1.807) is 18.2 Å². The number of halogens is 1. The SMILES string of the molecule is O=S(=O)(c1ccc2c(c1)CNCC2)n1c(-c2ccccc2)cc2cc(F)ccc21. The van der Waals surface area contributed by atoms with E-state index >= 15 is 0 Å². The van der Waals surface area contributed by atoms with Gasteiger partial charge in [-0.3, -0.25) is 0 Å². The summed E-state index contributed by atoms with van der Waals surface area (Å²) >= 11 is 0. The lowest BCUT2D eigenvalue weighted by Crippen LogP contribution is -2.24. The number of hydrogen-bond acceptors (Lipinski definition) is 3. The van der Waals surface area contributed by atoms with Crippen LogP contribution in [0.25, 0.3) is 22.2 Å². The molecule has 5 rings (SSSR count). The fourth-order valence-corrected chi connectivity index (χ4v) is 5.54. The number of nitrogens with zero attached hydrogens (tertiary/aromatic N) is 1. The van der Waals surface area contributed by atoms with Gasteiger partial charge in [0.25, 0.3) is 10.0 Å². The van der Waals surface area contributed by atoms with E-state index in [4.69, 9.17) is 0 Å². The zero-order valence-corrected chi connectivity index (χ0v) is 16.4. The summed E-state index contributed by atoms with van der Waals surface area (Å²) in [6, 6.07) is 20.5. The molecule has 0 saturated carbocycles. The van der Waals surface area contributed by atoms with E-state index in [-0.39, 0.29) is 4.90 Å². The van der Waals surface area contributed by atoms with Gasteiger partial charge in [-0.2, -0.15) is 0 Å². The molecule has 0 amide bonds. The fourth-order valence-electron chi connectivity index (χ4n) is 3.95. The first kappa shape index (κ1) is 18.1. The molecule has 0 unspecified atom stereocenters. The summed E-state index contributed by atoms with van der Waals surface area (Å²) in [6.45, 7) is 1.55. The number of fused-ring (bicyclic) bond motifs is 2. The van der Waals surface area contributed by atoms with Gasteiger partial charge in [0.05, 0.1) is 16.1 Å². The maximum Gasteiger partial charge on any atom is 0.268 e. The van der Waals surface area contributed by atoms with Crippen molar-refractivity contribution in [2.75, 3.05) is 6.54 Å². The van der Waals surface area contributed by atoms with Gasteiger partial charge in [0.1, 0.15) is 5.82 Å². The Bertz CT molecular complexity index is 1330. The van der Waals surface area contributed by atoms with Crippen molar-refractivity contribution < 1.29 is 12.8 Å². The standard InChI is InChI=1S/C23H19FN2O2S/c24-20-7-9-22-18(12-20)14-23(17-4-2-1-3-5-17)26(22)29(27,28)21-8-6-16-10-11-25-15-19(16)13-21/h1-9,12-14,25H,10-11,15H2. The van der Waals surface area contributed by atoms with Crippen molar-refractivity contribution in [1.29, 1.82) is 0 Å². The quantitative estimate of drug-likeness (QED) is 0.551. The van der Waals surface area contributed by atoms with Crippen LogP contribution in [0.4, 0.5) is 4.39 Å². The van der Waals surface area contributed by atoms with Crippen LogP contribution in [-0.2, 0) is 23.0 Å². The molecule has 2 heterocycles. The molecule has 0 atom stereocenters. The lowest BCUT2D eigenvalue weighted by Gasteiger charge is -2.19. The number of aromatic nitrogens is 1. The molecule has 3 aromatic carbocycles. The maximum absolute atomic E-state index is 13.8. The molecular formula is C23H19FN2O2S. The van der Waals surface area contributed by atoms with Crippen LogP contribution >= 0.6 is 0 Å². The normalized spacial score (nSPS) is 14.1. The first-order valence-corrected chi connectivity index (χ1v) is 10.9. The molecule has 6 heteroatoms. The van der Waals surface area contributed by atoms with Crippen molar-refractivity contribution in [2.24, 2.45) is 0 Å². The zero-order chi connectivity index (χ0) is 20.0. The Hall–Kier alpha value is -2.96. The van der Waals surface area contributed by atoms with Crippen LogP contribution in [0.5, 0.6) is 0 Å². The minimum Gasteiger partial charge on any atom is -0.312 e. The highest BCUT2D eigenvalue weighted by Crippen LogP contribution is 2.33. The Kier molecular flexibility index (Phi) is 4.26. The molecule has 1 aliphatic heterocycles. The summed E-state index contributed by atoms with van der Waals surface area (Å²) in [5.41, 5.74) is 3.90. The number of benzene rings is 3. The Morgan fingerprint density at radius 1 is 0.897 bits per heavy atom. The first-order chi connectivity index (χ1) is 14.0.